The minimum absolute atomic E-state index is 0.376. The lowest BCUT2D eigenvalue weighted by Crippen LogP contribution is -2.45. The van der Waals surface area contributed by atoms with Crippen molar-refractivity contribution in [3.63, 3.8) is 0 Å². The third kappa shape index (κ3) is 9.21. The van der Waals surface area contributed by atoms with Crippen molar-refractivity contribution < 1.29 is 19.1 Å². The fourth-order valence-electron chi connectivity index (χ4n) is 1.94. The van der Waals surface area contributed by atoms with Crippen LogP contribution in [0.1, 0.15) is 12.0 Å². The van der Waals surface area contributed by atoms with E-state index in [1.807, 2.05) is 18.4 Å². The standard InChI is InChI=1S/C16H22ClN3O4S/c1-25-9-7-13(20-16(18)23)15(22)24-10-14(21)19-8-6-11-2-4-12(17)5-3-11/h2-5,13H,6-10H2,1H3,(H,19,21)(H3,18,20,23)/t13-/m1/s1. The number of benzene rings is 1. The van der Waals surface area contributed by atoms with Crippen LogP contribution >= 0.6 is 23.4 Å². The molecule has 1 aromatic carbocycles. The molecule has 138 valence electrons. The fourth-order valence-corrected chi connectivity index (χ4v) is 2.54. The first-order valence-electron chi connectivity index (χ1n) is 7.65. The van der Waals surface area contributed by atoms with Gasteiger partial charge in [-0.25, -0.2) is 9.59 Å². The molecule has 0 spiro atoms. The highest BCUT2D eigenvalue weighted by Gasteiger charge is 2.21. The first-order valence-corrected chi connectivity index (χ1v) is 9.42. The summed E-state index contributed by atoms with van der Waals surface area (Å²) in [6, 6.07) is 5.64. The fraction of sp³-hybridized carbons (Fsp3) is 0.438. The van der Waals surface area contributed by atoms with Gasteiger partial charge in [0.05, 0.1) is 0 Å². The van der Waals surface area contributed by atoms with Crippen LogP contribution < -0.4 is 16.4 Å². The predicted octanol–water partition coefficient (Wildman–Crippen LogP) is 1.33. The van der Waals surface area contributed by atoms with Crippen LogP contribution in [0.3, 0.4) is 0 Å². The van der Waals surface area contributed by atoms with E-state index >= 15 is 0 Å². The largest absolute Gasteiger partial charge is 0.454 e. The maximum absolute atomic E-state index is 11.9. The number of ether oxygens (including phenoxy) is 1. The average Bonchev–Trinajstić information content (AvgIpc) is 2.58. The Morgan fingerprint density at radius 3 is 2.56 bits per heavy atom. The summed E-state index contributed by atoms with van der Waals surface area (Å²) in [4.78, 5) is 34.6. The number of hydrogen-bond donors (Lipinski definition) is 3. The Morgan fingerprint density at radius 1 is 1.28 bits per heavy atom. The van der Waals surface area contributed by atoms with Gasteiger partial charge in [0.15, 0.2) is 6.61 Å². The van der Waals surface area contributed by atoms with E-state index in [1.54, 1.807) is 12.1 Å². The molecule has 0 aromatic heterocycles. The summed E-state index contributed by atoms with van der Waals surface area (Å²) in [6.07, 6.45) is 2.89. The van der Waals surface area contributed by atoms with E-state index < -0.39 is 30.6 Å². The van der Waals surface area contributed by atoms with Gasteiger partial charge in [0, 0.05) is 11.6 Å². The van der Waals surface area contributed by atoms with Gasteiger partial charge in [-0.15, -0.1) is 0 Å². The molecule has 0 bridgehead atoms. The van der Waals surface area contributed by atoms with Crippen molar-refractivity contribution in [3.8, 4) is 0 Å². The highest BCUT2D eigenvalue weighted by atomic mass is 35.5. The van der Waals surface area contributed by atoms with Crippen LogP contribution in [0.25, 0.3) is 0 Å². The Labute approximate surface area is 156 Å². The minimum atomic E-state index is -0.855. The number of primary amides is 1. The summed E-state index contributed by atoms with van der Waals surface area (Å²) in [5, 5.41) is 5.63. The maximum atomic E-state index is 11.9. The van der Waals surface area contributed by atoms with E-state index in [0.717, 1.165) is 5.56 Å². The van der Waals surface area contributed by atoms with Crippen LogP contribution in [-0.2, 0) is 20.7 Å². The second kappa shape index (κ2) is 11.6. The van der Waals surface area contributed by atoms with Crippen molar-refractivity contribution in [3.05, 3.63) is 34.9 Å². The van der Waals surface area contributed by atoms with Crippen LogP contribution in [0.4, 0.5) is 4.79 Å². The summed E-state index contributed by atoms with van der Waals surface area (Å²) in [5.41, 5.74) is 6.07. The van der Waals surface area contributed by atoms with Gasteiger partial charge in [-0.2, -0.15) is 11.8 Å². The zero-order valence-electron chi connectivity index (χ0n) is 13.9. The van der Waals surface area contributed by atoms with Crippen LogP contribution in [-0.4, -0.2) is 49.1 Å². The summed E-state index contributed by atoms with van der Waals surface area (Å²) in [6.45, 7) is 0.00309. The molecule has 0 fully saturated rings. The number of carbonyl (C=O) groups is 3. The third-order valence-electron chi connectivity index (χ3n) is 3.21. The molecule has 9 heteroatoms. The zero-order valence-corrected chi connectivity index (χ0v) is 15.5. The molecule has 0 radical (unpaired) electrons. The number of amides is 3. The molecule has 0 aliphatic carbocycles. The Kier molecular flexibility index (Phi) is 9.79. The normalized spacial score (nSPS) is 11.4. The van der Waals surface area contributed by atoms with Crippen molar-refractivity contribution >= 4 is 41.3 Å². The van der Waals surface area contributed by atoms with Crippen molar-refractivity contribution in [2.75, 3.05) is 25.2 Å². The lowest BCUT2D eigenvalue weighted by atomic mass is 10.1. The number of urea groups is 1. The molecule has 0 saturated heterocycles. The van der Waals surface area contributed by atoms with Crippen LogP contribution in [0.15, 0.2) is 24.3 Å². The molecule has 3 amide bonds. The summed E-state index contributed by atoms with van der Waals surface area (Å²) in [5.74, 6) is -0.446. The highest BCUT2D eigenvalue weighted by Crippen LogP contribution is 2.09. The first-order chi connectivity index (χ1) is 11.9. The van der Waals surface area contributed by atoms with Crippen LogP contribution in [0.5, 0.6) is 0 Å². The molecule has 0 aliphatic heterocycles. The molecular weight excluding hydrogens is 366 g/mol. The van der Waals surface area contributed by atoms with Gasteiger partial charge in [0.25, 0.3) is 5.91 Å². The predicted molar refractivity (Wildman–Crippen MR) is 98.6 cm³/mol. The van der Waals surface area contributed by atoms with Crippen molar-refractivity contribution in [1.82, 2.24) is 10.6 Å². The topological polar surface area (TPSA) is 111 Å². The lowest BCUT2D eigenvalue weighted by molar-refractivity contribution is -0.150. The molecule has 25 heavy (non-hydrogen) atoms. The zero-order chi connectivity index (χ0) is 18.7. The highest BCUT2D eigenvalue weighted by molar-refractivity contribution is 7.98. The molecule has 1 rings (SSSR count). The first kappa shape index (κ1) is 21.1. The van der Waals surface area contributed by atoms with E-state index in [0.29, 0.717) is 30.2 Å². The number of carbonyl (C=O) groups excluding carboxylic acids is 3. The van der Waals surface area contributed by atoms with Gasteiger partial charge in [0.2, 0.25) is 0 Å². The smallest absolute Gasteiger partial charge is 0.329 e. The third-order valence-corrected chi connectivity index (χ3v) is 4.10. The Balaban J connectivity index is 2.31. The Hall–Kier alpha value is -1.93. The van der Waals surface area contributed by atoms with Gasteiger partial charge < -0.3 is 21.1 Å². The second-order valence-electron chi connectivity index (χ2n) is 5.18. The summed E-state index contributed by atoms with van der Waals surface area (Å²) >= 11 is 7.32. The molecule has 0 saturated carbocycles. The number of thioether (sulfide) groups is 1. The molecule has 4 N–H and O–H groups in total. The number of nitrogens with two attached hydrogens (primary N) is 1. The molecular formula is C16H22ClN3O4S. The average molecular weight is 388 g/mol. The van der Waals surface area contributed by atoms with Crippen molar-refractivity contribution in [2.24, 2.45) is 5.73 Å². The maximum Gasteiger partial charge on any atom is 0.329 e. The summed E-state index contributed by atoms with van der Waals surface area (Å²) < 4.78 is 4.93. The Morgan fingerprint density at radius 2 is 1.96 bits per heavy atom. The van der Waals surface area contributed by atoms with E-state index in [-0.39, 0.29) is 0 Å². The van der Waals surface area contributed by atoms with Gasteiger partial charge in [-0.05, 0) is 42.5 Å². The number of nitrogens with one attached hydrogen (secondary N) is 2. The Bertz CT molecular complexity index is 583. The number of halogens is 1. The van der Waals surface area contributed by atoms with Crippen molar-refractivity contribution in [1.29, 1.82) is 0 Å². The van der Waals surface area contributed by atoms with Gasteiger partial charge >= 0.3 is 12.0 Å². The van der Waals surface area contributed by atoms with E-state index in [2.05, 4.69) is 10.6 Å². The number of esters is 1. The number of hydrogen-bond acceptors (Lipinski definition) is 5. The van der Waals surface area contributed by atoms with Crippen LogP contribution in [0, 0.1) is 0 Å². The molecule has 0 heterocycles. The molecule has 1 aromatic rings. The van der Waals surface area contributed by atoms with Gasteiger partial charge in [-0.1, -0.05) is 23.7 Å². The SMILES string of the molecule is CSCC[C@@H](NC(N)=O)C(=O)OCC(=O)NCCc1ccc(Cl)cc1. The minimum Gasteiger partial charge on any atom is -0.454 e. The van der Waals surface area contributed by atoms with Gasteiger partial charge in [0.1, 0.15) is 6.04 Å². The summed E-state index contributed by atoms with van der Waals surface area (Å²) in [7, 11) is 0. The quantitative estimate of drug-likeness (QED) is 0.524. The second-order valence-corrected chi connectivity index (χ2v) is 6.60. The molecule has 7 nitrogen and oxygen atoms in total. The van der Waals surface area contributed by atoms with E-state index in [4.69, 9.17) is 22.1 Å². The number of rotatable bonds is 10. The van der Waals surface area contributed by atoms with E-state index in [1.165, 1.54) is 11.8 Å². The molecule has 0 aliphatic rings. The van der Waals surface area contributed by atoms with Crippen LogP contribution in [0.2, 0.25) is 5.02 Å². The molecule has 0 unspecified atom stereocenters. The van der Waals surface area contributed by atoms with Crippen molar-refractivity contribution in [2.45, 2.75) is 18.9 Å². The van der Waals surface area contributed by atoms with E-state index in [9.17, 15) is 14.4 Å². The van der Waals surface area contributed by atoms with Gasteiger partial charge in [-0.3, -0.25) is 4.79 Å². The molecule has 1 atom stereocenters. The lowest BCUT2D eigenvalue weighted by Gasteiger charge is -2.15. The monoisotopic (exact) mass is 387 g/mol.